The van der Waals surface area contributed by atoms with Gasteiger partial charge in [0, 0.05) is 17.7 Å². The van der Waals surface area contributed by atoms with E-state index < -0.39 is 17.5 Å². The second-order valence-electron chi connectivity index (χ2n) is 4.48. The third-order valence-corrected chi connectivity index (χ3v) is 3.08. The van der Waals surface area contributed by atoms with Gasteiger partial charge in [0.2, 0.25) is 0 Å². The van der Waals surface area contributed by atoms with Crippen molar-refractivity contribution in [3.05, 3.63) is 47.0 Å². The molecule has 0 radical (unpaired) electrons. The van der Waals surface area contributed by atoms with Crippen molar-refractivity contribution in [2.24, 2.45) is 0 Å². The lowest BCUT2D eigenvalue weighted by Gasteiger charge is -2.12. The van der Waals surface area contributed by atoms with Crippen molar-refractivity contribution in [1.29, 1.82) is 0 Å². The Morgan fingerprint density at radius 2 is 1.79 bits per heavy atom. The van der Waals surface area contributed by atoms with E-state index in [0.717, 1.165) is 23.4 Å². The monoisotopic (exact) mass is 288 g/mol. The molecular weight excluding hydrogens is 277 g/mol. The van der Waals surface area contributed by atoms with Gasteiger partial charge in [-0.25, -0.2) is 17.9 Å². The number of hydrogen-bond acceptors (Lipinski definition) is 1. The van der Waals surface area contributed by atoms with E-state index in [1.165, 1.54) is 4.68 Å². The van der Waals surface area contributed by atoms with Gasteiger partial charge in [0.05, 0.1) is 23.5 Å². The third-order valence-electron chi connectivity index (χ3n) is 2.79. The van der Waals surface area contributed by atoms with Crippen molar-refractivity contribution in [3.63, 3.8) is 0 Å². The zero-order chi connectivity index (χ0) is 14.2. The van der Waals surface area contributed by atoms with Crippen molar-refractivity contribution in [2.45, 2.75) is 25.6 Å². The van der Waals surface area contributed by atoms with Crippen LogP contribution in [0.5, 0.6) is 0 Å². The van der Waals surface area contributed by atoms with Gasteiger partial charge in [-0.2, -0.15) is 5.10 Å². The molecule has 1 aromatic carbocycles. The lowest BCUT2D eigenvalue weighted by Crippen LogP contribution is -2.07. The molecular formula is C13H12ClF3N2. The second-order valence-corrected chi connectivity index (χ2v) is 4.75. The standard InChI is InChI=1S/C13H12ClF3N2/c1-7(2)13-8(5-14)6-18-19(13)9-3-10(15)12(17)11(16)4-9/h3-4,6-7H,5H2,1-2H3. The number of nitrogens with zero attached hydrogens (tertiary/aromatic N) is 2. The minimum Gasteiger partial charge on any atom is -0.237 e. The van der Waals surface area contributed by atoms with E-state index in [9.17, 15) is 13.2 Å². The lowest BCUT2D eigenvalue weighted by molar-refractivity contribution is 0.445. The van der Waals surface area contributed by atoms with Crippen molar-refractivity contribution in [1.82, 2.24) is 9.78 Å². The Labute approximate surface area is 113 Å². The summed E-state index contributed by atoms with van der Waals surface area (Å²) in [5.41, 5.74) is 1.67. The molecule has 19 heavy (non-hydrogen) atoms. The Kier molecular flexibility index (Phi) is 3.85. The average molecular weight is 289 g/mol. The van der Waals surface area contributed by atoms with E-state index in [1.54, 1.807) is 6.20 Å². The van der Waals surface area contributed by atoms with Crippen LogP contribution in [-0.4, -0.2) is 9.78 Å². The normalized spacial score (nSPS) is 11.3. The highest BCUT2D eigenvalue weighted by atomic mass is 35.5. The van der Waals surface area contributed by atoms with Crippen LogP contribution in [0.25, 0.3) is 5.69 Å². The number of rotatable bonds is 3. The molecule has 1 heterocycles. The first kappa shape index (κ1) is 13.9. The van der Waals surface area contributed by atoms with E-state index in [4.69, 9.17) is 11.6 Å². The summed E-state index contributed by atoms with van der Waals surface area (Å²) in [7, 11) is 0. The van der Waals surface area contributed by atoms with Crippen LogP contribution >= 0.6 is 11.6 Å². The highest BCUT2D eigenvalue weighted by Gasteiger charge is 2.18. The van der Waals surface area contributed by atoms with Gasteiger partial charge in [0.1, 0.15) is 0 Å². The molecule has 0 spiro atoms. The van der Waals surface area contributed by atoms with E-state index in [2.05, 4.69) is 5.10 Å². The molecule has 0 aliphatic heterocycles. The summed E-state index contributed by atoms with van der Waals surface area (Å²) in [5.74, 6) is -3.66. The van der Waals surface area contributed by atoms with Gasteiger partial charge in [-0.3, -0.25) is 0 Å². The minimum atomic E-state index is -1.49. The van der Waals surface area contributed by atoms with Crippen LogP contribution in [0.2, 0.25) is 0 Å². The number of aromatic nitrogens is 2. The highest BCUT2D eigenvalue weighted by Crippen LogP contribution is 2.25. The number of halogens is 4. The van der Waals surface area contributed by atoms with Crippen LogP contribution < -0.4 is 0 Å². The van der Waals surface area contributed by atoms with Gasteiger partial charge in [-0.05, 0) is 5.92 Å². The number of hydrogen-bond donors (Lipinski definition) is 0. The third kappa shape index (κ3) is 2.47. The smallest absolute Gasteiger partial charge is 0.194 e. The summed E-state index contributed by atoms with van der Waals surface area (Å²) in [6.07, 6.45) is 1.54. The molecule has 0 unspecified atom stereocenters. The fraction of sp³-hybridized carbons (Fsp3) is 0.308. The predicted molar refractivity (Wildman–Crippen MR) is 67.1 cm³/mol. The van der Waals surface area contributed by atoms with E-state index in [0.29, 0.717) is 0 Å². The van der Waals surface area contributed by atoms with Gasteiger partial charge in [-0.1, -0.05) is 13.8 Å². The predicted octanol–water partition coefficient (Wildman–Crippen LogP) is 4.15. The SMILES string of the molecule is CC(C)c1c(CCl)cnn1-c1cc(F)c(F)c(F)c1. The van der Waals surface area contributed by atoms with Gasteiger partial charge in [0.15, 0.2) is 17.5 Å². The summed E-state index contributed by atoms with van der Waals surface area (Å²) >= 11 is 5.80. The first-order valence-electron chi connectivity index (χ1n) is 5.73. The van der Waals surface area contributed by atoms with Crippen LogP contribution in [-0.2, 0) is 5.88 Å². The number of alkyl halides is 1. The zero-order valence-corrected chi connectivity index (χ0v) is 11.2. The quantitative estimate of drug-likeness (QED) is 0.613. The Morgan fingerprint density at radius 3 is 2.26 bits per heavy atom. The van der Waals surface area contributed by atoms with E-state index in [-0.39, 0.29) is 17.5 Å². The van der Waals surface area contributed by atoms with Crippen molar-refractivity contribution in [3.8, 4) is 5.69 Å². The molecule has 2 rings (SSSR count). The molecule has 0 aliphatic rings. The van der Waals surface area contributed by atoms with Gasteiger partial charge in [-0.15, -0.1) is 11.6 Å². The van der Waals surface area contributed by atoms with E-state index >= 15 is 0 Å². The molecule has 0 atom stereocenters. The molecule has 0 fully saturated rings. The first-order valence-corrected chi connectivity index (χ1v) is 6.26. The molecule has 102 valence electrons. The van der Waals surface area contributed by atoms with Gasteiger partial charge >= 0.3 is 0 Å². The van der Waals surface area contributed by atoms with Crippen molar-refractivity contribution >= 4 is 11.6 Å². The van der Waals surface area contributed by atoms with Crippen LogP contribution in [0.3, 0.4) is 0 Å². The molecule has 0 amide bonds. The Bertz CT molecular complexity index is 585. The Morgan fingerprint density at radius 1 is 1.21 bits per heavy atom. The fourth-order valence-electron chi connectivity index (χ4n) is 1.98. The first-order chi connectivity index (χ1) is 8.95. The Balaban J connectivity index is 2.62. The summed E-state index contributed by atoms with van der Waals surface area (Å²) in [5, 5.41) is 4.07. The maximum Gasteiger partial charge on any atom is 0.194 e. The van der Waals surface area contributed by atoms with Crippen LogP contribution in [0.4, 0.5) is 13.2 Å². The fourth-order valence-corrected chi connectivity index (χ4v) is 2.19. The lowest BCUT2D eigenvalue weighted by atomic mass is 10.1. The minimum absolute atomic E-state index is 0.0624. The van der Waals surface area contributed by atoms with Crippen molar-refractivity contribution < 1.29 is 13.2 Å². The van der Waals surface area contributed by atoms with Crippen LogP contribution in [0.1, 0.15) is 31.0 Å². The maximum absolute atomic E-state index is 13.3. The summed E-state index contributed by atoms with van der Waals surface area (Å²) < 4.78 is 40.9. The topological polar surface area (TPSA) is 17.8 Å². The van der Waals surface area contributed by atoms with Gasteiger partial charge in [0.25, 0.3) is 0 Å². The molecule has 0 saturated carbocycles. The molecule has 1 aromatic heterocycles. The van der Waals surface area contributed by atoms with E-state index in [1.807, 2.05) is 13.8 Å². The number of benzene rings is 1. The molecule has 2 aromatic rings. The highest BCUT2D eigenvalue weighted by molar-refractivity contribution is 6.17. The average Bonchev–Trinajstić information content (AvgIpc) is 2.79. The molecule has 0 N–H and O–H groups in total. The largest absolute Gasteiger partial charge is 0.237 e. The molecule has 0 bridgehead atoms. The summed E-state index contributed by atoms with van der Waals surface area (Å²) in [6, 6.07) is 1.82. The molecule has 0 saturated heterocycles. The molecule has 6 heteroatoms. The van der Waals surface area contributed by atoms with Crippen molar-refractivity contribution in [2.75, 3.05) is 0 Å². The molecule has 0 aliphatic carbocycles. The van der Waals surface area contributed by atoms with Crippen LogP contribution in [0, 0.1) is 17.5 Å². The maximum atomic E-state index is 13.3. The molecule has 2 nitrogen and oxygen atoms in total. The second kappa shape index (κ2) is 5.25. The summed E-state index contributed by atoms with van der Waals surface area (Å²) in [4.78, 5) is 0. The van der Waals surface area contributed by atoms with Gasteiger partial charge < -0.3 is 0 Å². The van der Waals surface area contributed by atoms with Crippen LogP contribution in [0.15, 0.2) is 18.3 Å². The summed E-state index contributed by atoms with van der Waals surface area (Å²) in [6.45, 7) is 3.83. The zero-order valence-electron chi connectivity index (χ0n) is 10.4. The Hall–Kier alpha value is -1.49.